The van der Waals surface area contributed by atoms with Gasteiger partial charge in [-0.1, -0.05) is 32.0 Å². The van der Waals surface area contributed by atoms with Gasteiger partial charge in [0.2, 0.25) is 0 Å². The predicted octanol–water partition coefficient (Wildman–Crippen LogP) is 2.09. The fourth-order valence-corrected chi connectivity index (χ4v) is 5.37. The number of nitrogens with zero attached hydrogens (tertiary/aromatic N) is 1. The monoisotopic (exact) mass is 585 g/mol. The quantitative estimate of drug-likeness (QED) is 0.183. The molecule has 1 saturated heterocycles. The van der Waals surface area contributed by atoms with Gasteiger partial charge in [0.1, 0.15) is 29.3 Å². The Morgan fingerprint density at radius 3 is 2.49 bits per heavy atom. The number of allylic oxidation sites excluding steroid dienone is 1. The minimum absolute atomic E-state index is 0.124. The Labute approximate surface area is 231 Å². The highest BCUT2D eigenvalue weighted by molar-refractivity contribution is 8.08. The molecule has 1 aliphatic heterocycles. The minimum atomic E-state index is -3.76. The number of hydrogen-bond donors (Lipinski definition) is 5. The molecule has 2 aromatic rings. The van der Waals surface area contributed by atoms with E-state index in [2.05, 4.69) is 10.1 Å². The molecule has 1 aromatic carbocycles. The van der Waals surface area contributed by atoms with E-state index < -0.39 is 48.5 Å². The molecular formula is C25H36N3O9PS. The van der Waals surface area contributed by atoms with Gasteiger partial charge in [0.15, 0.2) is 6.23 Å². The van der Waals surface area contributed by atoms with Crippen molar-refractivity contribution in [2.75, 3.05) is 6.61 Å². The molecule has 14 heteroatoms. The number of ether oxygens (including phenoxy) is 3. The van der Waals surface area contributed by atoms with Crippen molar-refractivity contribution in [1.29, 1.82) is 0 Å². The highest BCUT2D eigenvalue weighted by Gasteiger charge is 2.53. The van der Waals surface area contributed by atoms with Crippen LogP contribution in [0.3, 0.4) is 0 Å². The lowest BCUT2D eigenvalue weighted by Gasteiger charge is -2.27. The number of aromatic amines is 1. The van der Waals surface area contributed by atoms with Gasteiger partial charge in [-0.25, -0.2) is 4.79 Å². The third-order valence-corrected chi connectivity index (χ3v) is 7.35. The van der Waals surface area contributed by atoms with Crippen LogP contribution >= 0.6 is 6.64 Å². The fraction of sp³-hybridized carbons (Fsp3) is 0.520. The summed E-state index contributed by atoms with van der Waals surface area (Å²) in [5, 5.41) is 24.5. The molecule has 3 rings (SSSR count). The molecule has 5 N–H and O–H groups in total. The molecule has 216 valence electrons. The van der Waals surface area contributed by atoms with Gasteiger partial charge < -0.3 is 38.9 Å². The fourth-order valence-electron chi connectivity index (χ4n) is 3.92. The number of nitrogens with one attached hydrogen (secondary N) is 2. The smallest absolute Gasteiger partial charge is 0.330 e. The molecule has 0 bridgehead atoms. The summed E-state index contributed by atoms with van der Waals surface area (Å²) in [5.41, 5.74) is -2.98. The van der Waals surface area contributed by atoms with Crippen molar-refractivity contribution >= 4 is 18.4 Å². The Morgan fingerprint density at radius 1 is 1.23 bits per heavy atom. The van der Waals surface area contributed by atoms with Crippen LogP contribution in [0.2, 0.25) is 0 Å². The zero-order valence-corrected chi connectivity index (χ0v) is 24.1. The maximum Gasteiger partial charge on any atom is 0.330 e. The SMILES string of the molecule is CC(C)CC(N[P@@](O)(=S)OC[C@H]1O[C@@H](n2ccc(=O)[nH]c2=O)[C@](C)(O)[C@@H]1O)=C(Oc1ccccc1)OC(C)C. The summed E-state index contributed by atoms with van der Waals surface area (Å²) in [5.74, 6) is 0.782. The highest BCUT2D eigenvalue weighted by Crippen LogP contribution is 2.43. The Kier molecular flexibility index (Phi) is 10.2. The summed E-state index contributed by atoms with van der Waals surface area (Å²) < 4.78 is 24.2. The Balaban J connectivity index is 1.80. The van der Waals surface area contributed by atoms with Crippen molar-refractivity contribution in [3.8, 4) is 5.75 Å². The molecule has 0 amide bonds. The lowest BCUT2D eigenvalue weighted by molar-refractivity contribution is -0.0984. The van der Waals surface area contributed by atoms with Gasteiger partial charge in [0, 0.05) is 12.3 Å². The zero-order chi connectivity index (χ0) is 29.0. The van der Waals surface area contributed by atoms with Gasteiger partial charge in [0.05, 0.1) is 12.7 Å². The lowest BCUT2D eigenvalue weighted by atomic mass is 9.96. The largest absolute Gasteiger partial charge is 0.461 e. The highest BCUT2D eigenvalue weighted by atomic mass is 32.5. The average Bonchev–Trinajstić information content (AvgIpc) is 3.05. The van der Waals surface area contributed by atoms with Crippen LogP contribution in [0.1, 0.15) is 47.3 Å². The molecular weight excluding hydrogens is 549 g/mol. The first-order valence-corrected chi connectivity index (χ1v) is 15.1. The van der Waals surface area contributed by atoms with Gasteiger partial charge >= 0.3 is 11.6 Å². The summed E-state index contributed by atoms with van der Waals surface area (Å²) in [6, 6.07) is 10.1. The number of aromatic nitrogens is 2. The van der Waals surface area contributed by atoms with Crippen molar-refractivity contribution in [1.82, 2.24) is 14.6 Å². The number of aliphatic hydroxyl groups is 2. The van der Waals surface area contributed by atoms with Crippen LogP contribution < -0.4 is 21.1 Å². The molecule has 39 heavy (non-hydrogen) atoms. The van der Waals surface area contributed by atoms with Crippen molar-refractivity contribution in [3.63, 3.8) is 0 Å². The minimum Gasteiger partial charge on any atom is -0.461 e. The average molecular weight is 586 g/mol. The first kappa shape index (κ1) is 31.0. The van der Waals surface area contributed by atoms with E-state index in [1.54, 1.807) is 12.1 Å². The molecule has 1 aliphatic rings. The molecule has 0 radical (unpaired) electrons. The third kappa shape index (κ3) is 8.24. The van der Waals surface area contributed by atoms with E-state index in [0.29, 0.717) is 17.9 Å². The van der Waals surface area contributed by atoms with Gasteiger partial charge in [-0.05, 0) is 57.0 Å². The number of rotatable bonds is 12. The Bertz CT molecular complexity index is 1310. The second-order valence-corrected chi connectivity index (χ2v) is 13.1. The van der Waals surface area contributed by atoms with Crippen molar-refractivity contribution in [2.45, 2.75) is 71.2 Å². The van der Waals surface area contributed by atoms with Gasteiger partial charge in [0.25, 0.3) is 12.2 Å². The first-order valence-electron chi connectivity index (χ1n) is 12.4. The van der Waals surface area contributed by atoms with E-state index in [0.717, 1.165) is 16.8 Å². The number of hydrogen-bond acceptors (Lipinski definition) is 9. The molecule has 0 saturated carbocycles. The van der Waals surface area contributed by atoms with Crippen LogP contribution in [0.25, 0.3) is 0 Å². The van der Waals surface area contributed by atoms with Crippen LogP contribution in [0, 0.1) is 5.92 Å². The van der Waals surface area contributed by atoms with Crippen molar-refractivity contribution < 1.29 is 33.8 Å². The van der Waals surface area contributed by atoms with Crippen molar-refractivity contribution in [2.24, 2.45) is 5.92 Å². The number of aliphatic hydroxyl groups excluding tert-OH is 1. The molecule has 12 nitrogen and oxygen atoms in total. The molecule has 1 fully saturated rings. The van der Waals surface area contributed by atoms with Crippen LogP contribution in [-0.4, -0.2) is 55.2 Å². The van der Waals surface area contributed by atoms with E-state index in [-0.39, 0.29) is 18.0 Å². The van der Waals surface area contributed by atoms with Crippen LogP contribution in [-0.2, 0) is 25.8 Å². The zero-order valence-electron chi connectivity index (χ0n) is 22.4. The number of para-hydroxylation sites is 1. The second-order valence-electron chi connectivity index (χ2n) is 10.1. The summed E-state index contributed by atoms with van der Waals surface area (Å²) in [6.45, 7) is 4.73. The molecule has 5 atom stereocenters. The maximum absolute atomic E-state index is 12.2. The van der Waals surface area contributed by atoms with E-state index in [1.807, 2.05) is 45.9 Å². The van der Waals surface area contributed by atoms with Crippen LogP contribution in [0.15, 0.2) is 63.8 Å². The second kappa shape index (κ2) is 12.8. The molecule has 0 aliphatic carbocycles. The summed E-state index contributed by atoms with van der Waals surface area (Å²) >= 11 is 5.35. The summed E-state index contributed by atoms with van der Waals surface area (Å²) in [7, 11) is 0. The molecule has 0 unspecified atom stereocenters. The van der Waals surface area contributed by atoms with Crippen LogP contribution in [0.5, 0.6) is 5.75 Å². The molecule has 2 heterocycles. The van der Waals surface area contributed by atoms with Gasteiger partial charge in [-0.2, -0.15) is 0 Å². The van der Waals surface area contributed by atoms with Gasteiger partial charge in [-0.3, -0.25) is 14.3 Å². The van der Waals surface area contributed by atoms with E-state index in [4.69, 9.17) is 30.5 Å². The van der Waals surface area contributed by atoms with Crippen LogP contribution in [0.4, 0.5) is 0 Å². The standard InChI is InChI=1S/C25H36N3O9PS/c1-15(2)13-18(22(35-16(3)4)36-17-9-7-6-8-10-17)27-38(33,39)34-14-19-21(30)25(5,32)23(37-19)28-12-11-20(29)26-24(28)31/h6-12,15-16,19,21,23,30,32H,13-14H2,1-5H3,(H,26,29,31)(H2,27,33,39)/t19-,21-,23-,25-,38+/m1/s1. The third-order valence-electron chi connectivity index (χ3n) is 5.70. The van der Waals surface area contributed by atoms with E-state index in [1.165, 1.54) is 6.92 Å². The van der Waals surface area contributed by atoms with E-state index >= 15 is 0 Å². The normalized spacial score (nSPS) is 25.3. The van der Waals surface area contributed by atoms with Crippen molar-refractivity contribution in [3.05, 3.63) is 75.1 Å². The predicted molar refractivity (Wildman–Crippen MR) is 147 cm³/mol. The van der Waals surface area contributed by atoms with E-state index in [9.17, 15) is 24.7 Å². The summed E-state index contributed by atoms with van der Waals surface area (Å²) in [6.07, 6.45) is -2.70. The van der Waals surface area contributed by atoms with Gasteiger partial charge in [-0.15, -0.1) is 0 Å². The molecule has 0 spiro atoms. The number of benzene rings is 1. The maximum atomic E-state index is 12.2. The summed E-state index contributed by atoms with van der Waals surface area (Å²) in [4.78, 5) is 36.8. The topological polar surface area (TPSA) is 164 Å². The first-order chi connectivity index (χ1) is 18.2. The number of H-pyrrole nitrogens is 1. The molecule has 1 aromatic heterocycles. The Hall–Kier alpha value is -2.51. The lowest BCUT2D eigenvalue weighted by Crippen LogP contribution is -2.46. The Morgan fingerprint density at radius 2 is 1.90 bits per heavy atom.